The molecule has 170 valence electrons. The first-order chi connectivity index (χ1) is 15.8. The molecule has 0 radical (unpaired) electrons. The second-order valence-electron chi connectivity index (χ2n) is 6.71. The summed E-state index contributed by atoms with van der Waals surface area (Å²) in [5.41, 5.74) is 7.01. The van der Waals surface area contributed by atoms with Crippen molar-refractivity contribution in [2.24, 2.45) is 0 Å². The van der Waals surface area contributed by atoms with Crippen LogP contribution < -0.4 is 25.6 Å². The number of nitriles is 1. The summed E-state index contributed by atoms with van der Waals surface area (Å²) in [6.45, 7) is 0.166. The van der Waals surface area contributed by atoms with Crippen molar-refractivity contribution in [2.45, 2.75) is 12.4 Å². The lowest BCUT2D eigenvalue weighted by Crippen LogP contribution is -2.44. The Labute approximate surface area is 187 Å². The van der Waals surface area contributed by atoms with Crippen LogP contribution in [0.25, 0.3) is 0 Å². The monoisotopic (exact) mass is 456 g/mol. The Balaban J connectivity index is 1.57. The van der Waals surface area contributed by atoms with Gasteiger partial charge in [0.15, 0.2) is 0 Å². The van der Waals surface area contributed by atoms with Gasteiger partial charge in [-0.2, -0.15) is 5.26 Å². The molecule has 3 rings (SSSR count). The second-order valence-corrected chi connectivity index (χ2v) is 6.71. The Hall–Kier alpha value is -4.23. The van der Waals surface area contributed by atoms with Gasteiger partial charge in [-0.25, -0.2) is 10.2 Å². The number of ether oxygens (including phenoxy) is 2. The standard InChI is InChI=1S/C23H19F3N4O3/c24-23(25,26)33-20-12-8-18(9-13-20)28-22(31)30-29-21(17-4-2-1-3-5-17)15-32-19-10-6-16(14-27)7-11-19/h1-13,21,29H,15H2,(H2,28,30,31). The zero-order valence-electron chi connectivity index (χ0n) is 17.1. The van der Waals surface area contributed by atoms with E-state index >= 15 is 0 Å². The average molecular weight is 456 g/mol. The van der Waals surface area contributed by atoms with Crippen molar-refractivity contribution in [3.8, 4) is 17.6 Å². The summed E-state index contributed by atoms with van der Waals surface area (Å²) in [5, 5.41) is 11.4. The average Bonchev–Trinajstić information content (AvgIpc) is 2.80. The molecule has 33 heavy (non-hydrogen) atoms. The second kappa shape index (κ2) is 10.9. The van der Waals surface area contributed by atoms with Crippen LogP contribution in [0.4, 0.5) is 23.7 Å². The lowest BCUT2D eigenvalue weighted by atomic mass is 10.1. The number of carbonyl (C=O) groups excluding carboxylic acids is 1. The fraction of sp³-hybridized carbons (Fsp3) is 0.130. The number of benzene rings is 3. The topological polar surface area (TPSA) is 95.4 Å². The maximum Gasteiger partial charge on any atom is 0.573 e. The number of amides is 2. The Morgan fingerprint density at radius 3 is 2.18 bits per heavy atom. The molecule has 2 amide bonds. The molecule has 1 unspecified atom stereocenters. The minimum atomic E-state index is -4.79. The number of carbonyl (C=O) groups is 1. The molecule has 0 bridgehead atoms. The molecule has 3 aromatic rings. The molecule has 10 heteroatoms. The SMILES string of the molecule is N#Cc1ccc(OCC(NNC(=O)Nc2ccc(OC(F)(F)F)cc2)c2ccccc2)cc1. The fourth-order valence-corrected chi connectivity index (χ4v) is 2.77. The lowest BCUT2D eigenvalue weighted by Gasteiger charge is -2.20. The van der Waals surface area contributed by atoms with Gasteiger partial charge in [0.1, 0.15) is 18.1 Å². The van der Waals surface area contributed by atoms with Gasteiger partial charge in [0.2, 0.25) is 0 Å². The van der Waals surface area contributed by atoms with E-state index in [0.717, 1.165) is 17.7 Å². The van der Waals surface area contributed by atoms with E-state index in [-0.39, 0.29) is 12.3 Å². The largest absolute Gasteiger partial charge is 0.573 e. The van der Waals surface area contributed by atoms with Crippen LogP contribution in [0.3, 0.4) is 0 Å². The minimum absolute atomic E-state index is 0.166. The smallest absolute Gasteiger partial charge is 0.492 e. The highest BCUT2D eigenvalue weighted by Gasteiger charge is 2.31. The van der Waals surface area contributed by atoms with Crippen molar-refractivity contribution >= 4 is 11.7 Å². The van der Waals surface area contributed by atoms with Crippen LogP contribution in [0.5, 0.6) is 11.5 Å². The van der Waals surface area contributed by atoms with E-state index in [2.05, 4.69) is 20.9 Å². The van der Waals surface area contributed by atoms with Crippen molar-refractivity contribution in [3.05, 3.63) is 90.0 Å². The molecule has 3 N–H and O–H groups in total. The molecule has 3 aromatic carbocycles. The molecule has 0 heterocycles. The number of hydrogen-bond donors (Lipinski definition) is 3. The summed E-state index contributed by atoms with van der Waals surface area (Å²) in [6.07, 6.45) is -4.79. The first kappa shape index (κ1) is 23.4. The number of nitrogens with one attached hydrogen (secondary N) is 3. The molecule has 0 saturated heterocycles. The van der Waals surface area contributed by atoms with Crippen LogP contribution in [-0.4, -0.2) is 19.0 Å². The Morgan fingerprint density at radius 2 is 1.58 bits per heavy atom. The van der Waals surface area contributed by atoms with Crippen LogP contribution in [0.1, 0.15) is 17.2 Å². The highest BCUT2D eigenvalue weighted by molar-refractivity contribution is 5.88. The van der Waals surface area contributed by atoms with Gasteiger partial charge >= 0.3 is 12.4 Å². The minimum Gasteiger partial charge on any atom is -0.492 e. The van der Waals surface area contributed by atoms with Gasteiger partial charge in [0.25, 0.3) is 0 Å². The van der Waals surface area contributed by atoms with E-state index in [9.17, 15) is 18.0 Å². The summed E-state index contributed by atoms with van der Waals surface area (Å²) >= 11 is 0. The lowest BCUT2D eigenvalue weighted by molar-refractivity contribution is -0.274. The molecule has 1 atom stereocenters. The maximum atomic E-state index is 12.2. The first-order valence-corrected chi connectivity index (χ1v) is 9.68. The molecule has 0 fully saturated rings. The number of halogens is 3. The molecule has 0 aliphatic heterocycles. The van der Waals surface area contributed by atoms with E-state index < -0.39 is 24.2 Å². The van der Waals surface area contributed by atoms with Crippen LogP contribution in [0.2, 0.25) is 0 Å². The fourth-order valence-electron chi connectivity index (χ4n) is 2.77. The third-order valence-corrected chi connectivity index (χ3v) is 4.31. The number of rotatable bonds is 8. The molecule has 7 nitrogen and oxygen atoms in total. The van der Waals surface area contributed by atoms with E-state index in [4.69, 9.17) is 10.00 Å². The zero-order valence-corrected chi connectivity index (χ0v) is 17.1. The van der Waals surface area contributed by atoms with Gasteiger partial charge < -0.3 is 14.8 Å². The third kappa shape index (κ3) is 7.75. The maximum absolute atomic E-state index is 12.2. The van der Waals surface area contributed by atoms with Crippen molar-refractivity contribution in [3.63, 3.8) is 0 Å². The van der Waals surface area contributed by atoms with Gasteiger partial charge in [-0.1, -0.05) is 30.3 Å². The van der Waals surface area contributed by atoms with E-state index in [0.29, 0.717) is 11.3 Å². The van der Waals surface area contributed by atoms with Crippen LogP contribution in [0, 0.1) is 11.3 Å². The number of hydrazine groups is 1. The number of anilines is 1. The Kier molecular flexibility index (Phi) is 7.73. The molecule has 0 spiro atoms. The van der Waals surface area contributed by atoms with Crippen molar-refractivity contribution in [2.75, 3.05) is 11.9 Å². The molecule has 0 saturated carbocycles. The van der Waals surface area contributed by atoms with Gasteiger partial charge in [-0.15, -0.1) is 13.2 Å². The van der Waals surface area contributed by atoms with Crippen molar-refractivity contribution in [1.29, 1.82) is 5.26 Å². The van der Waals surface area contributed by atoms with E-state index in [1.54, 1.807) is 24.3 Å². The van der Waals surface area contributed by atoms with Crippen molar-refractivity contribution in [1.82, 2.24) is 10.9 Å². The van der Waals surface area contributed by atoms with E-state index in [1.165, 1.54) is 12.1 Å². The van der Waals surface area contributed by atoms with Crippen LogP contribution in [-0.2, 0) is 0 Å². The van der Waals surface area contributed by atoms with Crippen LogP contribution in [0.15, 0.2) is 78.9 Å². The summed E-state index contributed by atoms with van der Waals surface area (Å²) in [5.74, 6) is 0.165. The highest BCUT2D eigenvalue weighted by atomic mass is 19.4. The molecule has 0 aromatic heterocycles. The zero-order chi connectivity index (χ0) is 23.7. The predicted octanol–water partition coefficient (Wildman–Crippen LogP) is 4.90. The molecular formula is C23H19F3N4O3. The van der Waals surface area contributed by atoms with Gasteiger partial charge in [0.05, 0.1) is 17.7 Å². The number of alkyl halides is 3. The highest BCUT2D eigenvalue weighted by Crippen LogP contribution is 2.24. The van der Waals surface area contributed by atoms with Gasteiger partial charge in [0, 0.05) is 5.69 Å². The summed E-state index contributed by atoms with van der Waals surface area (Å²) < 4.78 is 46.3. The van der Waals surface area contributed by atoms with Gasteiger partial charge in [-0.05, 0) is 54.1 Å². The predicted molar refractivity (Wildman–Crippen MR) is 114 cm³/mol. The molecular weight excluding hydrogens is 437 g/mol. The normalized spacial score (nSPS) is 11.7. The van der Waals surface area contributed by atoms with Crippen molar-refractivity contribution < 1.29 is 27.4 Å². The summed E-state index contributed by atoms with van der Waals surface area (Å²) in [7, 11) is 0. The molecule has 0 aliphatic rings. The third-order valence-electron chi connectivity index (χ3n) is 4.31. The molecule has 0 aliphatic carbocycles. The number of urea groups is 1. The first-order valence-electron chi connectivity index (χ1n) is 9.68. The Morgan fingerprint density at radius 1 is 0.939 bits per heavy atom. The van der Waals surface area contributed by atoms with Crippen LogP contribution >= 0.6 is 0 Å². The summed E-state index contributed by atoms with van der Waals surface area (Å²) in [6, 6.07) is 21.6. The number of hydrogen-bond acceptors (Lipinski definition) is 5. The van der Waals surface area contributed by atoms with E-state index in [1.807, 2.05) is 36.4 Å². The van der Waals surface area contributed by atoms with Gasteiger partial charge in [-0.3, -0.25) is 5.43 Å². The summed E-state index contributed by atoms with van der Waals surface area (Å²) in [4.78, 5) is 12.2. The Bertz CT molecular complexity index is 1080. The number of nitrogens with zero attached hydrogens (tertiary/aromatic N) is 1. The quantitative estimate of drug-likeness (QED) is 0.419.